The van der Waals surface area contributed by atoms with Crippen LogP contribution in [0.15, 0.2) is 18.2 Å². The molecule has 0 amide bonds. The van der Waals surface area contributed by atoms with Gasteiger partial charge in [-0.05, 0) is 54.7 Å². The summed E-state index contributed by atoms with van der Waals surface area (Å²) < 4.78 is 0. The topological polar surface area (TPSA) is 26.0 Å². The molecule has 0 aromatic heterocycles. The van der Waals surface area contributed by atoms with Crippen molar-refractivity contribution in [2.75, 3.05) is 0 Å². The van der Waals surface area contributed by atoms with Gasteiger partial charge >= 0.3 is 0 Å². The maximum absolute atomic E-state index is 6.44. The molecule has 4 atom stereocenters. The minimum Gasteiger partial charge on any atom is -0.324 e. The molecule has 0 spiro atoms. The van der Waals surface area contributed by atoms with E-state index in [1.54, 1.807) is 0 Å². The Hall–Kier alpha value is -0.530. The highest BCUT2D eigenvalue weighted by molar-refractivity contribution is 6.31. The smallest absolute Gasteiger partial charge is 0.0456 e. The van der Waals surface area contributed by atoms with Crippen molar-refractivity contribution < 1.29 is 0 Å². The molecule has 1 aliphatic rings. The molecule has 1 aromatic rings. The number of benzene rings is 1. The second-order valence-corrected chi connectivity index (χ2v) is 6.49. The average Bonchev–Trinajstić information content (AvgIpc) is 2.32. The second kappa shape index (κ2) is 5.63. The summed E-state index contributed by atoms with van der Waals surface area (Å²) in [4.78, 5) is 0. The van der Waals surface area contributed by atoms with Gasteiger partial charge in [-0.3, -0.25) is 0 Å². The summed E-state index contributed by atoms with van der Waals surface area (Å²) >= 11 is 6.33. The Morgan fingerprint density at radius 1 is 1.22 bits per heavy atom. The van der Waals surface area contributed by atoms with Gasteiger partial charge in [0, 0.05) is 11.1 Å². The largest absolute Gasteiger partial charge is 0.324 e. The van der Waals surface area contributed by atoms with Crippen molar-refractivity contribution in [3.63, 3.8) is 0 Å². The van der Waals surface area contributed by atoms with Crippen molar-refractivity contribution in [2.24, 2.45) is 23.5 Å². The van der Waals surface area contributed by atoms with Crippen molar-refractivity contribution in [3.05, 3.63) is 34.3 Å². The molecule has 1 nitrogen and oxygen atoms in total. The number of halogens is 1. The zero-order valence-electron chi connectivity index (χ0n) is 11.6. The molecule has 2 heteroatoms. The minimum atomic E-state index is 0.0908. The second-order valence-electron chi connectivity index (χ2n) is 6.08. The van der Waals surface area contributed by atoms with Gasteiger partial charge in [0.05, 0.1) is 0 Å². The molecule has 18 heavy (non-hydrogen) atoms. The third kappa shape index (κ3) is 2.89. The van der Waals surface area contributed by atoms with Crippen molar-refractivity contribution in [3.8, 4) is 0 Å². The van der Waals surface area contributed by atoms with E-state index in [2.05, 4.69) is 32.9 Å². The molecule has 1 saturated carbocycles. The highest BCUT2D eigenvalue weighted by Crippen LogP contribution is 2.40. The first-order valence-corrected chi connectivity index (χ1v) is 7.38. The van der Waals surface area contributed by atoms with E-state index in [0.29, 0.717) is 5.92 Å². The SMILES string of the molecule is Cc1ccc(C(N)C2CCC(C)C(C)C2)c(Cl)c1. The Labute approximate surface area is 116 Å². The number of hydrogen-bond acceptors (Lipinski definition) is 1. The predicted octanol–water partition coefficient (Wildman–Crippen LogP) is 4.72. The van der Waals surface area contributed by atoms with Crippen LogP contribution in [-0.4, -0.2) is 0 Å². The maximum atomic E-state index is 6.44. The van der Waals surface area contributed by atoms with Crippen molar-refractivity contribution in [1.82, 2.24) is 0 Å². The monoisotopic (exact) mass is 265 g/mol. The summed E-state index contributed by atoms with van der Waals surface area (Å²) in [5, 5.41) is 0.828. The molecular weight excluding hydrogens is 242 g/mol. The van der Waals surface area contributed by atoms with Crippen molar-refractivity contribution >= 4 is 11.6 Å². The predicted molar refractivity (Wildman–Crippen MR) is 78.8 cm³/mol. The normalized spacial score (nSPS) is 30.2. The standard InChI is InChI=1S/C16H24ClN/c1-10-4-7-14(15(17)8-10)16(18)13-6-5-11(2)12(3)9-13/h4,7-8,11-13,16H,5-6,9,18H2,1-3H3. The Morgan fingerprint density at radius 3 is 2.56 bits per heavy atom. The molecule has 0 bridgehead atoms. The van der Waals surface area contributed by atoms with Gasteiger partial charge in [0.25, 0.3) is 0 Å². The van der Waals surface area contributed by atoms with Gasteiger partial charge in [0.15, 0.2) is 0 Å². The molecule has 0 saturated heterocycles. The molecule has 1 aliphatic carbocycles. The molecule has 1 aromatic carbocycles. The van der Waals surface area contributed by atoms with Gasteiger partial charge in [0.1, 0.15) is 0 Å². The van der Waals surface area contributed by atoms with E-state index in [-0.39, 0.29) is 6.04 Å². The summed E-state index contributed by atoms with van der Waals surface area (Å²) in [6, 6.07) is 6.32. The van der Waals surface area contributed by atoms with Crippen LogP contribution >= 0.6 is 11.6 Å². The minimum absolute atomic E-state index is 0.0908. The fourth-order valence-electron chi connectivity index (χ4n) is 3.07. The first-order chi connectivity index (χ1) is 8.49. The fraction of sp³-hybridized carbons (Fsp3) is 0.625. The number of aryl methyl sites for hydroxylation is 1. The van der Waals surface area contributed by atoms with Gasteiger partial charge in [-0.2, -0.15) is 0 Å². The van der Waals surface area contributed by atoms with Gasteiger partial charge < -0.3 is 5.73 Å². The fourth-order valence-corrected chi connectivity index (χ4v) is 3.43. The number of nitrogens with two attached hydrogens (primary N) is 1. The summed E-state index contributed by atoms with van der Waals surface area (Å²) in [6.07, 6.45) is 3.76. The lowest BCUT2D eigenvalue weighted by Crippen LogP contribution is -2.29. The Bertz CT molecular complexity index is 416. The van der Waals surface area contributed by atoms with Crippen LogP contribution in [0.2, 0.25) is 5.02 Å². The lowest BCUT2D eigenvalue weighted by Gasteiger charge is -2.35. The summed E-state index contributed by atoms with van der Waals surface area (Å²) in [6.45, 7) is 6.76. The highest BCUT2D eigenvalue weighted by atomic mass is 35.5. The van der Waals surface area contributed by atoms with E-state index >= 15 is 0 Å². The Kier molecular flexibility index (Phi) is 4.34. The lowest BCUT2D eigenvalue weighted by molar-refractivity contribution is 0.186. The summed E-state index contributed by atoms with van der Waals surface area (Å²) in [5.74, 6) is 2.19. The first-order valence-electron chi connectivity index (χ1n) is 7.00. The van der Waals surface area contributed by atoms with Crippen LogP contribution in [0.1, 0.15) is 50.3 Å². The summed E-state index contributed by atoms with van der Waals surface area (Å²) in [7, 11) is 0. The molecule has 0 aliphatic heterocycles. The highest BCUT2D eigenvalue weighted by Gasteiger charge is 2.29. The molecule has 2 N–H and O–H groups in total. The average molecular weight is 266 g/mol. The quantitative estimate of drug-likeness (QED) is 0.823. The van der Waals surface area contributed by atoms with E-state index in [0.717, 1.165) is 22.4 Å². The van der Waals surface area contributed by atoms with Gasteiger partial charge in [-0.1, -0.05) is 44.0 Å². The Morgan fingerprint density at radius 2 is 1.94 bits per heavy atom. The molecule has 4 unspecified atom stereocenters. The Balaban J connectivity index is 2.13. The van der Waals surface area contributed by atoms with Crippen LogP contribution in [0.5, 0.6) is 0 Å². The zero-order chi connectivity index (χ0) is 13.3. The van der Waals surface area contributed by atoms with E-state index in [1.807, 2.05) is 6.07 Å². The van der Waals surface area contributed by atoms with Crippen molar-refractivity contribution in [2.45, 2.75) is 46.1 Å². The van der Waals surface area contributed by atoms with Crippen LogP contribution in [0.3, 0.4) is 0 Å². The van der Waals surface area contributed by atoms with E-state index in [4.69, 9.17) is 17.3 Å². The van der Waals surface area contributed by atoms with Gasteiger partial charge in [-0.15, -0.1) is 0 Å². The summed E-state index contributed by atoms with van der Waals surface area (Å²) in [5.41, 5.74) is 8.76. The zero-order valence-corrected chi connectivity index (χ0v) is 12.4. The van der Waals surface area contributed by atoms with Crippen molar-refractivity contribution in [1.29, 1.82) is 0 Å². The maximum Gasteiger partial charge on any atom is 0.0456 e. The molecule has 100 valence electrons. The van der Waals surface area contributed by atoms with Gasteiger partial charge in [0.2, 0.25) is 0 Å². The van der Waals surface area contributed by atoms with Crippen LogP contribution in [-0.2, 0) is 0 Å². The number of hydrogen-bond donors (Lipinski definition) is 1. The molecule has 2 rings (SSSR count). The lowest BCUT2D eigenvalue weighted by atomic mass is 9.72. The molecule has 0 heterocycles. The van der Waals surface area contributed by atoms with Crippen LogP contribution < -0.4 is 5.73 Å². The van der Waals surface area contributed by atoms with Crippen LogP contribution in [0, 0.1) is 24.7 Å². The van der Waals surface area contributed by atoms with Crippen LogP contribution in [0.4, 0.5) is 0 Å². The third-order valence-corrected chi connectivity index (χ3v) is 4.99. The van der Waals surface area contributed by atoms with Crippen LogP contribution in [0.25, 0.3) is 0 Å². The van der Waals surface area contributed by atoms with E-state index < -0.39 is 0 Å². The number of rotatable bonds is 2. The first kappa shape index (κ1) is 13.9. The molecule has 1 fully saturated rings. The molecular formula is C16H24ClN. The molecule has 0 radical (unpaired) electrons. The van der Waals surface area contributed by atoms with E-state index in [1.165, 1.54) is 24.8 Å². The van der Waals surface area contributed by atoms with Gasteiger partial charge in [-0.25, -0.2) is 0 Å². The van der Waals surface area contributed by atoms with E-state index in [9.17, 15) is 0 Å². The third-order valence-electron chi connectivity index (χ3n) is 4.66.